The number of likely N-dealkylation sites (tertiary alicyclic amines) is 1. The standard InChI is InChI=1S/C9H5F3N2O2S.C8H16N2O/c10-9(11,12)16-5-1-2-6-7(3-5)17-8(14-6)13-4-15;1-9-7-8(11)10-5-3-2-4-6-10/h1-4H,(H,13,14,15);9H,2-7H2,1H3. The Hall–Kier alpha value is -2.40. The first-order valence-corrected chi connectivity index (χ1v) is 9.43. The van der Waals surface area contributed by atoms with E-state index in [-0.39, 0.29) is 11.7 Å². The number of thiazole rings is 1. The highest BCUT2D eigenvalue weighted by atomic mass is 32.1. The Morgan fingerprint density at radius 3 is 2.64 bits per heavy atom. The summed E-state index contributed by atoms with van der Waals surface area (Å²) in [5.41, 5.74) is 0.494. The molecule has 2 N–H and O–H groups in total. The average Bonchev–Trinajstić information content (AvgIpc) is 3.04. The van der Waals surface area contributed by atoms with Gasteiger partial charge in [0.15, 0.2) is 5.13 Å². The maximum atomic E-state index is 12.0. The summed E-state index contributed by atoms with van der Waals surface area (Å²) < 4.78 is 40.2. The zero-order valence-electron chi connectivity index (χ0n) is 15.2. The van der Waals surface area contributed by atoms with Crippen molar-refractivity contribution in [3.8, 4) is 5.75 Å². The van der Waals surface area contributed by atoms with Crippen LogP contribution >= 0.6 is 11.3 Å². The van der Waals surface area contributed by atoms with Crippen LogP contribution in [0.3, 0.4) is 0 Å². The second-order valence-electron chi connectivity index (χ2n) is 5.93. The van der Waals surface area contributed by atoms with Crippen LogP contribution in [0.15, 0.2) is 18.2 Å². The molecule has 28 heavy (non-hydrogen) atoms. The van der Waals surface area contributed by atoms with Crippen molar-refractivity contribution < 1.29 is 27.5 Å². The third kappa shape index (κ3) is 6.97. The minimum atomic E-state index is -4.72. The number of amides is 2. The molecule has 1 aliphatic rings. The first-order chi connectivity index (χ1) is 13.3. The molecule has 11 heteroatoms. The van der Waals surface area contributed by atoms with Crippen LogP contribution in [-0.4, -0.2) is 55.2 Å². The molecule has 2 heterocycles. The quantitative estimate of drug-likeness (QED) is 0.730. The lowest BCUT2D eigenvalue weighted by molar-refractivity contribution is -0.274. The molecule has 0 aliphatic carbocycles. The molecule has 0 bridgehead atoms. The number of aromatic nitrogens is 1. The molecule has 0 spiro atoms. The Labute approximate surface area is 163 Å². The molecular weight excluding hydrogens is 397 g/mol. The van der Waals surface area contributed by atoms with Gasteiger partial charge in [0.25, 0.3) is 0 Å². The van der Waals surface area contributed by atoms with Crippen LogP contribution in [0.5, 0.6) is 5.75 Å². The van der Waals surface area contributed by atoms with E-state index in [2.05, 4.69) is 20.4 Å². The number of carbonyl (C=O) groups excluding carboxylic acids is 2. The van der Waals surface area contributed by atoms with Gasteiger partial charge in [0.05, 0.1) is 16.8 Å². The molecule has 0 atom stereocenters. The molecule has 1 aliphatic heterocycles. The Kier molecular flexibility index (Phi) is 8.00. The number of rotatable bonds is 5. The second kappa shape index (κ2) is 10.2. The Morgan fingerprint density at radius 1 is 1.32 bits per heavy atom. The zero-order valence-corrected chi connectivity index (χ0v) is 16.0. The van der Waals surface area contributed by atoms with Gasteiger partial charge < -0.3 is 20.3 Å². The molecule has 1 aromatic heterocycles. The third-order valence-corrected chi connectivity index (χ3v) is 4.76. The first-order valence-electron chi connectivity index (χ1n) is 8.61. The number of anilines is 1. The van der Waals surface area contributed by atoms with Gasteiger partial charge in [0.2, 0.25) is 12.3 Å². The van der Waals surface area contributed by atoms with Crippen LogP contribution < -0.4 is 15.4 Å². The van der Waals surface area contributed by atoms with Crippen molar-refractivity contribution in [2.24, 2.45) is 0 Å². The van der Waals surface area contributed by atoms with Crippen LogP contribution in [0, 0.1) is 0 Å². The summed E-state index contributed by atoms with van der Waals surface area (Å²) in [7, 11) is 1.81. The summed E-state index contributed by atoms with van der Waals surface area (Å²) in [6.45, 7) is 2.40. The predicted molar refractivity (Wildman–Crippen MR) is 100 cm³/mol. The van der Waals surface area contributed by atoms with E-state index in [4.69, 9.17) is 0 Å². The molecule has 1 aromatic carbocycles. The van der Waals surface area contributed by atoms with Crippen LogP contribution in [0.2, 0.25) is 0 Å². The molecule has 1 saturated heterocycles. The first kappa shape index (κ1) is 21.9. The van der Waals surface area contributed by atoms with Crippen LogP contribution in [0.1, 0.15) is 19.3 Å². The maximum Gasteiger partial charge on any atom is 0.573 e. The summed E-state index contributed by atoms with van der Waals surface area (Å²) in [5, 5.41) is 5.52. The number of nitrogens with zero attached hydrogens (tertiary/aromatic N) is 2. The van der Waals surface area contributed by atoms with Gasteiger partial charge in [-0.25, -0.2) is 4.98 Å². The molecule has 2 aromatic rings. The lowest BCUT2D eigenvalue weighted by Crippen LogP contribution is -2.40. The van der Waals surface area contributed by atoms with Gasteiger partial charge in [-0.15, -0.1) is 13.2 Å². The molecule has 0 radical (unpaired) electrons. The number of benzene rings is 1. The number of hydrogen-bond donors (Lipinski definition) is 2. The highest BCUT2D eigenvalue weighted by Crippen LogP contribution is 2.31. The Morgan fingerprint density at radius 2 is 2.04 bits per heavy atom. The van der Waals surface area contributed by atoms with E-state index in [0.717, 1.165) is 24.4 Å². The Balaban J connectivity index is 0.000000221. The number of ether oxygens (including phenoxy) is 1. The van der Waals surface area contributed by atoms with Crippen molar-refractivity contribution in [1.82, 2.24) is 15.2 Å². The predicted octanol–water partition coefficient (Wildman–Crippen LogP) is 2.98. The van der Waals surface area contributed by atoms with Gasteiger partial charge in [-0.05, 0) is 38.4 Å². The molecule has 1 fully saturated rings. The van der Waals surface area contributed by atoms with Crippen molar-refractivity contribution in [1.29, 1.82) is 0 Å². The fraction of sp³-hybridized carbons (Fsp3) is 0.471. The molecule has 0 saturated carbocycles. The molecule has 0 unspecified atom stereocenters. The molecule has 3 rings (SSSR count). The largest absolute Gasteiger partial charge is 0.573 e. The number of hydrogen-bond acceptors (Lipinski definition) is 6. The monoisotopic (exact) mass is 418 g/mol. The van der Waals surface area contributed by atoms with E-state index in [1.165, 1.54) is 37.5 Å². The normalized spacial score (nSPS) is 14.2. The number of fused-ring (bicyclic) bond motifs is 1. The van der Waals surface area contributed by atoms with E-state index < -0.39 is 6.36 Å². The number of likely N-dealkylation sites (N-methyl/N-ethyl adjacent to an activating group) is 1. The second-order valence-corrected chi connectivity index (χ2v) is 6.96. The number of piperidine rings is 1. The Bertz CT molecular complexity index is 792. The topological polar surface area (TPSA) is 83.6 Å². The zero-order chi connectivity index (χ0) is 20.6. The average molecular weight is 418 g/mol. The third-order valence-electron chi connectivity index (χ3n) is 3.81. The van der Waals surface area contributed by atoms with E-state index in [0.29, 0.717) is 28.3 Å². The minimum Gasteiger partial charge on any atom is -0.406 e. The highest BCUT2D eigenvalue weighted by molar-refractivity contribution is 7.22. The van der Waals surface area contributed by atoms with Gasteiger partial charge in [0, 0.05) is 19.2 Å². The van der Waals surface area contributed by atoms with Gasteiger partial charge in [0.1, 0.15) is 5.75 Å². The lowest BCUT2D eigenvalue weighted by Gasteiger charge is -2.26. The van der Waals surface area contributed by atoms with Gasteiger partial charge >= 0.3 is 6.36 Å². The molecule has 154 valence electrons. The maximum absolute atomic E-state index is 12.0. The van der Waals surface area contributed by atoms with Crippen LogP contribution in [0.4, 0.5) is 18.3 Å². The fourth-order valence-corrected chi connectivity index (χ4v) is 3.47. The van der Waals surface area contributed by atoms with Crippen LogP contribution in [-0.2, 0) is 9.59 Å². The molecule has 2 amide bonds. The smallest absolute Gasteiger partial charge is 0.406 e. The SMILES string of the molecule is CNCC(=O)N1CCCCC1.O=CNc1nc2ccc(OC(F)(F)F)cc2s1. The van der Waals surface area contributed by atoms with Gasteiger partial charge in [-0.3, -0.25) is 9.59 Å². The van der Waals surface area contributed by atoms with Crippen molar-refractivity contribution in [3.63, 3.8) is 0 Å². The van der Waals surface area contributed by atoms with E-state index in [1.807, 2.05) is 11.9 Å². The minimum absolute atomic E-state index is 0.243. The summed E-state index contributed by atoms with van der Waals surface area (Å²) in [4.78, 5) is 27.4. The number of carbonyl (C=O) groups is 2. The van der Waals surface area contributed by atoms with Crippen molar-refractivity contribution >= 4 is 39.0 Å². The van der Waals surface area contributed by atoms with Crippen molar-refractivity contribution in [2.75, 3.05) is 32.0 Å². The summed E-state index contributed by atoms with van der Waals surface area (Å²) in [6.07, 6.45) is -0.638. The summed E-state index contributed by atoms with van der Waals surface area (Å²) in [5.74, 6) is -0.0708. The lowest BCUT2D eigenvalue weighted by atomic mass is 10.1. The number of halogens is 3. The molecular formula is C17H21F3N4O3S. The molecule has 7 nitrogen and oxygen atoms in total. The van der Waals surface area contributed by atoms with Crippen molar-refractivity contribution in [3.05, 3.63) is 18.2 Å². The van der Waals surface area contributed by atoms with E-state index >= 15 is 0 Å². The van der Waals surface area contributed by atoms with Crippen molar-refractivity contribution in [2.45, 2.75) is 25.6 Å². The number of alkyl halides is 3. The van der Waals surface area contributed by atoms with Crippen LogP contribution in [0.25, 0.3) is 10.2 Å². The van der Waals surface area contributed by atoms with E-state index in [9.17, 15) is 22.8 Å². The van der Waals surface area contributed by atoms with Gasteiger partial charge in [-0.2, -0.15) is 0 Å². The summed E-state index contributed by atoms with van der Waals surface area (Å²) >= 11 is 1.06. The highest BCUT2D eigenvalue weighted by Gasteiger charge is 2.31. The summed E-state index contributed by atoms with van der Waals surface area (Å²) in [6, 6.07) is 3.78. The fourth-order valence-electron chi connectivity index (χ4n) is 2.62. The van der Waals surface area contributed by atoms with Gasteiger partial charge in [-0.1, -0.05) is 11.3 Å². The van der Waals surface area contributed by atoms with E-state index in [1.54, 1.807) is 0 Å². The number of nitrogens with one attached hydrogen (secondary N) is 2.